The van der Waals surface area contributed by atoms with Gasteiger partial charge >= 0.3 is 0 Å². The highest BCUT2D eigenvalue weighted by Crippen LogP contribution is 2.30. The van der Waals surface area contributed by atoms with Crippen molar-refractivity contribution in [3.8, 4) is 11.5 Å². The highest BCUT2D eigenvalue weighted by molar-refractivity contribution is 7.91. The monoisotopic (exact) mass is 443 g/mol. The number of hydrogen-bond donors (Lipinski definition) is 0. The third-order valence-electron chi connectivity index (χ3n) is 5.20. The summed E-state index contributed by atoms with van der Waals surface area (Å²) in [6.45, 7) is 5.17. The van der Waals surface area contributed by atoms with E-state index in [1.165, 1.54) is 6.08 Å². The van der Waals surface area contributed by atoms with Gasteiger partial charge in [0.2, 0.25) is 5.91 Å². The van der Waals surface area contributed by atoms with Gasteiger partial charge < -0.3 is 14.4 Å². The van der Waals surface area contributed by atoms with Gasteiger partial charge in [0.15, 0.2) is 21.3 Å². The van der Waals surface area contributed by atoms with E-state index in [0.29, 0.717) is 37.7 Å². The number of sulfone groups is 1. The lowest BCUT2D eigenvalue weighted by molar-refractivity contribution is -0.127. The van der Waals surface area contributed by atoms with E-state index >= 15 is 0 Å². The number of nitrogens with zero attached hydrogens (tertiary/aromatic N) is 1. The molecule has 0 aliphatic carbocycles. The molecule has 0 saturated carbocycles. The molecule has 1 aliphatic heterocycles. The van der Waals surface area contributed by atoms with Gasteiger partial charge in [0.05, 0.1) is 18.1 Å². The Morgan fingerprint density at radius 2 is 1.87 bits per heavy atom. The van der Waals surface area contributed by atoms with Crippen molar-refractivity contribution in [3.05, 3.63) is 65.7 Å². The molecule has 1 heterocycles. The Kier molecular flexibility index (Phi) is 7.74. The zero-order valence-corrected chi connectivity index (χ0v) is 18.8. The predicted molar refractivity (Wildman–Crippen MR) is 122 cm³/mol. The molecule has 0 aromatic heterocycles. The number of carbonyl (C=O) groups excluding carboxylic acids is 1. The van der Waals surface area contributed by atoms with Gasteiger partial charge in [-0.25, -0.2) is 8.42 Å². The molecular formula is C24H29NO5S. The number of likely N-dealkylation sites (N-methyl/N-ethyl adjacent to an activating group) is 1. The van der Waals surface area contributed by atoms with Crippen molar-refractivity contribution in [1.29, 1.82) is 0 Å². The summed E-state index contributed by atoms with van der Waals surface area (Å²) < 4.78 is 35.2. The summed E-state index contributed by atoms with van der Waals surface area (Å²) in [6, 6.07) is 15.2. The number of amides is 1. The smallest absolute Gasteiger partial charge is 0.246 e. The third-order valence-corrected chi connectivity index (χ3v) is 6.95. The topological polar surface area (TPSA) is 72.9 Å². The molecule has 2 aromatic rings. The lowest BCUT2D eigenvalue weighted by atomic mass is 10.1. The number of rotatable bonds is 9. The van der Waals surface area contributed by atoms with Crippen LogP contribution in [0.3, 0.4) is 0 Å². The fraction of sp³-hybridized carbons (Fsp3) is 0.375. The van der Waals surface area contributed by atoms with Crippen LogP contribution in [0.15, 0.2) is 54.6 Å². The van der Waals surface area contributed by atoms with E-state index < -0.39 is 9.84 Å². The molecule has 3 rings (SSSR count). The van der Waals surface area contributed by atoms with Crippen LogP contribution in [0.4, 0.5) is 0 Å². The number of benzene rings is 2. The molecule has 1 fully saturated rings. The minimum atomic E-state index is -3.04. The zero-order chi connectivity index (χ0) is 22.3. The van der Waals surface area contributed by atoms with E-state index in [0.717, 1.165) is 11.1 Å². The van der Waals surface area contributed by atoms with Crippen molar-refractivity contribution in [2.45, 2.75) is 32.9 Å². The highest BCUT2D eigenvalue weighted by Gasteiger charge is 2.33. The van der Waals surface area contributed by atoms with Crippen LogP contribution in [-0.4, -0.2) is 49.9 Å². The van der Waals surface area contributed by atoms with E-state index in [4.69, 9.17) is 9.47 Å². The molecule has 1 saturated heterocycles. The Hall–Kier alpha value is -2.80. The first kappa shape index (κ1) is 22.9. The molecule has 2 aromatic carbocycles. The molecule has 0 spiro atoms. The second kappa shape index (κ2) is 10.5. The minimum absolute atomic E-state index is 0.0440. The average Bonchev–Trinajstić information content (AvgIpc) is 3.12. The van der Waals surface area contributed by atoms with Gasteiger partial charge in [-0.3, -0.25) is 4.79 Å². The quantitative estimate of drug-likeness (QED) is 0.553. The van der Waals surface area contributed by atoms with E-state index in [9.17, 15) is 13.2 Å². The van der Waals surface area contributed by atoms with Crippen molar-refractivity contribution in [2.24, 2.45) is 0 Å². The van der Waals surface area contributed by atoms with Crippen molar-refractivity contribution in [1.82, 2.24) is 4.90 Å². The molecule has 6 nitrogen and oxygen atoms in total. The van der Waals surface area contributed by atoms with Crippen LogP contribution in [0.5, 0.6) is 11.5 Å². The molecule has 0 N–H and O–H groups in total. The summed E-state index contributed by atoms with van der Waals surface area (Å²) in [6.07, 6.45) is 3.71. The second-order valence-electron chi connectivity index (χ2n) is 7.43. The van der Waals surface area contributed by atoms with E-state index in [-0.39, 0.29) is 23.5 Å². The largest absolute Gasteiger partial charge is 0.490 e. The summed E-state index contributed by atoms with van der Waals surface area (Å²) in [7, 11) is -3.04. The Labute approximate surface area is 184 Å². The van der Waals surface area contributed by atoms with Gasteiger partial charge in [-0.15, -0.1) is 0 Å². The van der Waals surface area contributed by atoms with Crippen LogP contribution in [0.2, 0.25) is 0 Å². The first-order valence-corrected chi connectivity index (χ1v) is 12.4. The highest BCUT2D eigenvalue weighted by atomic mass is 32.2. The maximum atomic E-state index is 12.7. The van der Waals surface area contributed by atoms with Gasteiger partial charge in [-0.2, -0.15) is 0 Å². The lowest BCUT2D eigenvalue weighted by Crippen LogP contribution is -2.40. The molecule has 1 atom stereocenters. The average molecular weight is 444 g/mol. The van der Waals surface area contributed by atoms with Crippen LogP contribution < -0.4 is 9.47 Å². The third kappa shape index (κ3) is 6.34. The summed E-state index contributed by atoms with van der Waals surface area (Å²) in [5.74, 6) is 1.25. The normalized spacial score (nSPS) is 17.5. The van der Waals surface area contributed by atoms with Crippen LogP contribution >= 0.6 is 0 Å². The molecule has 1 unspecified atom stereocenters. The summed E-state index contributed by atoms with van der Waals surface area (Å²) in [4.78, 5) is 14.3. The molecule has 31 heavy (non-hydrogen) atoms. The van der Waals surface area contributed by atoms with Crippen LogP contribution in [-0.2, 0) is 21.2 Å². The number of carbonyl (C=O) groups is 1. The minimum Gasteiger partial charge on any atom is -0.490 e. The molecule has 0 radical (unpaired) electrons. The standard InChI is InChI=1S/C24H29NO5S/c1-3-25(21-14-15-31(27,28)18-21)24(26)13-11-19-10-12-22(23(16-19)29-4-2)30-17-20-8-6-5-7-9-20/h5-13,16,21H,3-4,14-15,17-18H2,1-2H3/b13-11+. The van der Waals surface area contributed by atoms with E-state index in [1.807, 2.05) is 62.4 Å². The fourth-order valence-electron chi connectivity index (χ4n) is 3.63. The number of hydrogen-bond acceptors (Lipinski definition) is 5. The fourth-order valence-corrected chi connectivity index (χ4v) is 5.36. The predicted octanol–water partition coefficient (Wildman–Crippen LogP) is 3.71. The Bertz CT molecular complexity index is 1020. The zero-order valence-electron chi connectivity index (χ0n) is 18.0. The van der Waals surface area contributed by atoms with Crippen LogP contribution in [0, 0.1) is 0 Å². The summed E-state index contributed by atoms with van der Waals surface area (Å²) >= 11 is 0. The van der Waals surface area contributed by atoms with E-state index in [2.05, 4.69) is 0 Å². The van der Waals surface area contributed by atoms with Crippen molar-refractivity contribution < 1.29 is 22.7 Å². The van der Waals surface area contributed by atoms with Gasteiger partial charge in [-0.05, 0) is 49.6 Å². The molecule has 1 amide bonds. The van der Waals surface area contributed by atoms with E-state index in [1.54, 1.807) is 11.0 Å². The molecule has 166 valence electrons. The first-order chi connectivity index (χ1) is 14.9. The van der Waals surface area contributed by atoms with Crippen molar-refractivity contribution in [2.75, 3.05) is 24.7 Å². The summed E-state index contributed by atoms with van der Waals surface area (Å²) in [5.41, 5.74) is 1.87. The second-order valence-corrected chi connectivity index (χ2v) is 9.66. The van der Waals surface area contributed by atoms with Gasteiger partial charge in [0.25, 0.3) is 0 Å². The maximum Gasteiger partial charge on any atom is 0.246 e. The Balaban J connectivity index is 1.69. The first-order valence-electron chi connectivity index (χ1n) is 10.5. The van der Waals surface area contributed by atoms with Crippen molar-refractivity contribution >= 4 is 21.8 Å². The van der Waals surface area contributed by atoms with Crippen molar-refractivity contribution in [3.63, 3.8) is 0 Å². The van der Waals surface area contributed by atoms with Crippen LogP contribution in [0.1, 0.15) is 31.4 Å². The molecule has 0 bridgehead atoms. The van der Waals surface area contributed by atoms with Crippen LogP contribution in [0.25, 0.3) is 6.08 Å². The van der Waals surface area contributed by atoms with Gasteiger partial charge in [-0.1, -0.05) is 36.4 Å². The maximum absolute atomic E-state index is 12.7. The Morgan fingerprint density at radius 3 is 2.52 bits per heavy atom. The number of ether oxygens (including phenoxy) is 2. The lowest BCUT2D eigenvalue weighted by Gasteiger charge is -2.25. The summed E-state index contributed by atoms with van der Waals surface area (Å²) in [5, 5.41) is 0. The van der Waals surface area contributed by atoms with Gasteiger partial charge in [0, 0.05) is 18.7 Å². The molecule has 7 heteroatoms. The molecule has 1 aliphatic rings. The van der Waals surface area contributed by atoms with Gasteiger partial charge in [0.1, 0.15) is 6.61 Å². The SMILES string of the molecule is CCOc1cc(/C=C/C(=O)N(CC)C2CCS(=O)(=O)C2)ccc1OCc1ccccc1. The molecular weight excluding hydrogens is 414 g/mol. The Morgan fingerprint density at radius 1 is 1.10 bits per heavy atom.